The van der Waals surface area contributed by atoms with E-state index >= 15 is 0 Å². The summed E-state index contributed by atoms with van der Waals surface area (Å²) in [6, 6.07) is 0. The van der Waals surface area contributed by atoms with Crippen molar-refractivity contribution < 1.29 is 0 Å². The van der Waals surface area contributed by atoms with Gasteiger partial charge in [-0.25, -0.2) is 0 Å². The first-order chi connectivity index (χ1) is 4.41. The van der Waals surface area contributed by atoms with Gasteiger partial charge >= 0.3 is 0 Å². The first kappa shape index (κ1) is 10.2. The number of alkyl halides is 1. The summed E-state index contributed by atoms with van der Waals surface area (Å²) >= 11 is 4.70. The van der Waals surface area contributed by atoms with E-state index in [0.29, 0.717) is 0 Å². The summed E-state index contributed by atoms with van der Waals surface area (Å²) in [7, 11) is 0. The molecule has 0 heterocycles. The lowest BCUT2D eigenvalue weighted by atomic mass is 10.2. The first-order valence-corrected chi connectivity index (χ1v) is 6.00. The Kier molecular flexibility index (Phi) is 10.4. The fourth-order valence-electron chi connectivity index (χ4n) is 0.596. The van der Waals surface area contributed by atoms with Crippen molar-refractivity contribution in [1.29, 1.82) is 0 Å². The van der Waals surface area contributed by atoms with Gasteiger partial charge in [-0.15, -0.1) is 0 Å². The van der Waals surface area contributed by atoms with Crippen LogP contribution in [0.25, 0.3) is 0 Å². The number of allylic oxidation sites excluding steroid dienone is 1. The minimum Gasteiger partial charge on any atom is -0.0864 e. The number of unbranched alkanes of at least 4 members (excludes halogenated alkanes) is 3. The van der Waals surface area contributed by atoms with Gasteiger partial charge in [0.1, 0.15) is 0 Å². The van der Waals surface area contributed by atoms with Crippen LogP contribution in [0.3, 0.4) is 0 Å². The van der Waals surface area contributed by atoms with Gasteiger partial charge in [0.05, 0.1) is 0 Å². The van der Waals surface area contributed by atoms with Gasteiger partial charge in [-0.2, -0.15) is 0 Å². The molecule has 54 valence electrons. The molecule has 0 saturated heterocycles. The van der Waals surface area contributed by atoms with Crippen molar-refractivity contribution >= 4 is 45.2 Å². The Bertz CT molecular complexity index is 69.3. The molecule has 0 rings (SSSR count). The molecule has 0 fully saturated rings. The average Bonchev–Trinajstić information content (AvgIpc) is 1.89. The molecule has 0 bridgehead atoms. The molecule has 0 aliphatic carbocycles. The second-order valence-electron chi connectivity index (χ2n) is 1.90. The van der Waals surface area contributed by atoms with E-state index in [1.54, 1.807) is 0 Å². The van der Waals surface area contributed by atoms with Crippen LogP contribution in [0.1, 0.15) is 25.7 Å². The maximum atomic E-state index is 2.43. The van der Waals surface area contributed by atoms with E-state index in [1.165, 1.54) is 30.1 Å². The van der Waals surface area contributed by atoms with Crippen LogP contribution in [0, 0.1) is 0 Å². The lowest BCUT2D eigenvalue weighted by Crippen LogP contribution is -1.74. The summed E-state index contributed by atoms with van der Waals surface area (Å²) in [5, 5.41) is 0. The quantitative estimate of drug-likeness (QED) is 0.401. The molecule has 0 nitrogen and oxygen atoms in total. The summed E-state index contributed by atoms with van der Waals surface area (Å²) in [6.45, 7) is 0. The van der Waals surface area contributed by atoms with E-state index in [-0.39, 0.29) is 0 Å². The Hall–Kier alpha value is 1.20. The van der Waals surface area contributed by atoms with Gasteiger partial charge in [0.2, 0.25) is 0 Å². The molecule has 0 aliphatic heterocycles. The largest absolute Gasteiger partial charge is 0.0864 e. The minimum atomic E-state index is 1.26. The van der Waals surface area contributed by atoms with Gasteiger partial charge in [0, 0.05) is 0 Å². The highest BCUT2D eigenvalue weighted by Gasteiger charge is 1.83. The van der Waals surface area contributed by atoms with Crippen molar-refractivity contribution in [2.75, 3.05) is 4.43 Å². The standard InChI is InChI=1S/C7H12I2/c8-6-4-2-1-3-5-7-9/h4,6H,1-3,5,7H2. The summed E-state index contributed by atoms with van der Waals surface area (Å²) in [5.74, 6) is 0. The zero-order chi connectivity index (χ0) is 6.95. The summed E-state index contributed by atoms with van der Waals surface area (Å²) in [4.78, 5) is 0. The van der Waals surface area contributed by atoms with E-state index < -0.39 is 0 Å². The molecule has 0 spiro atoms. The molecule has 0 amide bonds. The monoisotopic (exact) mass is 350 g/mol. The van der Waals surface area contributed by atoms with E-state index in [2.05, 4.69) is 55.3 Å². The van der Waals surface area contributed by atoms with Crippen LogP contribution < -0.4 is 0 Å². The number of rotatable bonds is 5. The normalized spacial score (nSPS) is 10.9. The second kappa shape index (κ2) is 9.20. The van der Waals surface area contributed by atoms with Crippen LogP contribution in [0.4, 0.5) is 0 Å². The molecule has 0 aromatic rings. The molecular formula is C7H12I2. The molecule has 0 aromatic heterocycles. The molecule has 0 N–H and O–H groups in total. The van der Waals surface area contributed by atoms with Gasteiger partial charge in [-0.05, 0) is 27.8 Å². The van der Waals surface area contributed by atoms with Crippen LogP contribution in [0.15, 0.2) is 10.2 Å². The molecule has 0 unspecified atom stereocenters. The molecule has 0 saturated carbocycles. The summed E-state index contributed by atoms with van der Waals surface area (Å²) in [5.41, 5.74) is 0. The molecule has 2 heteroatoms. The Balaban J connectivity index is 2.75. The zero-order valence-electron chi connectivity index (χ0n) is 5.45. The predicted molar refractivity (Wildman–Crippen MR) is 60.5 cm³/mol. The van der Waals surface area contributed by atoms with Crippen molar-refractivity contribution in [2.45, 2.75) is 25.7 Å². The van der Waals surface area contributed by atoms with Gasteiger partial charge in [-0.1, -0.05) is 57.7 Å². The van der Waals surface area contributed by atoms with Crippen molar-refractivity contribution in [2.24, 2.45) is 0 Å². The summed E-state index contributed by atoms with van der Waals surface area (Å²) in [6.07, 6.45) is 7.63. The smallest absolute Gasteiger partial charge is 0.000473 e. The number of halogens is 2. The van der Waals surface area contributed by atoms with Crippen LogP contribution in [0.2, 0.25) is 0 Å². The number of hydrogen-bond acceptors (Lipinski definition) is 0. The van der Waals surface area contributed by atoms with Gasteiger partial charge < -0.3 is 0 Å². The predicted octanol–water partition coefficient (Wildman–Crippen LogP) is 3.93. The Morgan fingerprint density at radius 2 is 1.89 bits per heavy atom. The molecule has 0 radical (unpaired) electrons. The lowest BCUT2D eigenvalue weighted by Gasteiger charge is -1.91. The third-order valence-electron chi connectivity index (χ3n) is 1.09. The third kappa shape index (κ3) is 9.20. The minimum absolute atomic E-state index is 1.26. The zero-order valence-corrected chi connectivity index (χ0v) is 9.76. The van der Waals surface area contributed by atoms with Crippen LogP contribution in [-0.4, -0.2) is 4.43 Å². The highest BCUT2D eigenvalue weighted by Crippen LogP contribution is 2.03. The topological polar surface area (TPSA) is 0 Å². The maximum Gasteiger partial charge on any atom is -0.000473 e. The van der Waals surface area contributed by atoms with Crippen LogP contribution in [-0.2, 0) is 0 Å². The van der Waals surface area contributed by atoms with E-state index in [1.807, 2.05) is 0 Å². The van der Waals surface area contributed by atoms with Crippen LogP contribution >= 0.6 is 45.2 Å². The highest BCUT2D eigenvalue weighted by molar-refractivity contribution is 14.1. The van der Waals surface area contributed by atoms with Gasteiger partial charge in [0.15, 0.2) is 0 Å². The van der Waals surface area contributed by atoms with Crippen LogP contribution in [0.5, 0.6) is 0 Å². The summed E-state index contributed by atoms with van der Waals surface area (Å²) < 4.78 is 3.41. The van der Waals surface area contributed by atoms with E-state index in [4.69, 9.17) is 0 Å². The molecule has 0 aromatic carbocycles. The van der Waals surface area contributed by atoms with E-state index in [9.17, 15) is 0 Å². The number of hydrogen-bond donors (Lipinski definition) is 0. The highest BCUT2D eigenvalue weighted by atomic mass is 127. The van der Waals surface area contributed by atoms with Crippen molar-refractivity contribution in [3.8, 4) is 0 Å². The van der Waals surface area contributed by atoms with Gasteiger partial charge in [0.25, 0.3) is 0 Å². The fraction of sp³-hybridized carbons (Fsp3) is 0.714. The molecule has 9 heavy (non-hydrogen) atoms. The Labute approximate surface area is 84.8 Å². The molecule has 0 aliphatic rings. The Morgan fingerprint density at radius 1 is 1.11 bits per heavy atom. The average molecular weight is 350 g/mol. The molecular weight excluding hydrogens is 338 g/mol. The van der Waals surface area contributed by atoms with Crippen molar-refractivity contribution in [1.82, 2.24) is 0 Å². The maximum absolute atomic E-state index is 2.43. The fourth-order valence-corrected chi connectivity index (χ4v) is 1.50. The Morgan fingerprint density at radius 3 is 2.44 bits per heavy atom. The first-order valence-electron chi connectivity index (χ1n) is 3.23. The van der Waals surface area contributed by atoms with Crippen molar-refractivity contribution in [3.63, 3.8) is 0 Å². The second-order valence-corrected chi connectivity index (χ2v) is 3.70. The van der Waals surface area contributed by atoms with Gasteiger partial charge in [-0.3, -0.25) is 0 Å². The lowest BCUT2D eigenvalue weighted by molar-refractivity contribution is 0.740. The third-order valence-corrected chi connectivity index (χ3v) is 2.36. The van der Waals surface area contributed by atoms with Crippen molar-refractivity contribution in [3.05, 3.63) is 10.2 Å². The SMILES string of the molecule is IC=CCCCCCI. The van der Waals surface area contributed by atoms with E-state index in [0.717, 1.165) is 0 Å². The molecule has 0 atom stereocenters.